The lowest BCUT2D eigenvalue weighted by Gasteiger charge is -2.21. The summed E-state index contributed by atoms with van der Waals surface area (Å²) in [5.41, 5.74) is 0.926. The van der Waals surface area contributed by atoms with Gasteiger partial charge < -0.3 is 5.32 Å². The van der Waals surface area contributed by atoms with E-state index in [1.807, 2.05) is 24.3 Å². The third kappa shape index (κ3) is 3.28. The Morgan fingerprint density at radius 2 is 2.00 bits per heavy atom. The highest BCUT2D eigenvalue weighted by atomic mass is 35.5. The normalized spacial score (nSPS) is 11.1. The van der Waals surface area contributed by atoms with Crippen molar-refractivity contribution in [2.45, 2.75) is 20.8 Å². The summed E-state index contributed by atoms with van der Waals surface area (Å²) >= 11 is 11.1. The Bertz CT molecular complexity index is 341. The van der Waals surface area contributed by atoms with Gasteiger partial charge in [0.25, 0.3) is 0 Å². The molecule has 0 saturated heterocycles. The van der Waals surface area contributed by atoms with E-state index in [2.05, 4.69) is 26.1 Å². The first-order valence-electron chi connectivity index (χ1n) is 4.46. The van der Waals surface area contributed by atoms with E-state index < -0.39 is 0 Å². The van der Waals surface area contributed by atoms with Gasteiger partial charge in [0.2, 0.25) is 0 Å². The largest absolute Gasteiger partial charge is 0.350 e. The first-order chi connectivity index (χ1) is 6.39. The van der Waals surface area contributed by atoms with Gasteiger partial charge in [0.1, 0.15) is 0 Å². The Kier molecular flexibility index (Phi) is 3.51. The van der Waals surface area contributed by atoms with Crippen molar-refractivity contribution >= 4 is 34.5 Å². The van der Waals surface area contributed by atoms with E-state index in [9.17, 15) is 0 Å². The van der Waals surface area contributed by atoms with Crippen LogP contribution in [0.3, 0.4) is 0 Å². The van der Waals surface area contributed by atoms with E-state index >= 15 is 0 Å². The van der Waals surface area contributed by atoms with Crippen LogP contribution in [-0.4, -0.2) is 4.99 Å². The molecule has 0 bridgehead atoms. The fraction of sp³-hybridized carbons (Fsp3) is 0.364. The summed E-state index contributed by atoms with van der Waals surface area (Å²) in [6, 6.07) is 7.55. The van der Waals surface area contributed by atoms with Gasteiger partial charge in [0, 0.05) is 16.1 Å². The van der Waals surface area contributed by atoms with Crippen LogP contribution in [0, 0.1) is 5.41 Å². The first-order valence-corrected chi connectivity index (χ1v) is 5.25. The number of hydrogen-bond acceptors (Lipinski definition) is 1. The molecule has 1 aromatic carbocycles. The maximum absolute atomic E-state index is 5.86. The summed E-state index contributed by atoms with van der Waals surface area (Å²) in [7, 11) is 0. The molecule has 1 rings (SSSR count). The molecular formula is C11H14ClNS. The average Bonchev–Trinajstić information content (AvgIpc) is 2.02. The Morgan fingerprint density at radius 3 is 2.50 bits per heavy atom. The van der Waals surface area contributed by atoms with Crippen molar-refractivity contribution in [3.8, 4) is 0 Å². The van der Waals surface area contributed by atoms with Gasteiger partial charge in [-0.3, -0.25) is 0 Å². The summed E-state index contributed by atoms with van der Waals surface area (Å²) in [4.78, 5) is 0.819. The molecule has 0 radical (unpaired) electrons. The molecule has 1 aromatic rings. The zero-order chi connectivity index (χ0) is 10.8. The molecule has 3 heteroatoms. The molecule has 0 heterocycles. The van der Waals surface area contributed by atoms with Crippen molar-refractivity contribution in [2.24, 2.45) is 5.41 Å². The molecule has 0 amide bonds. The fourth-order valence-electron chi connectivity index (χ4n) is 0.885. The molecule has 0 unspecified atom stereocenters. The number of thiocarbonyl (C=S) groups is 1. The smallest absolute Gasteiger partial charge is 0.0851 e. The second-order valence-corrected chi connectivity index (χ2v) is 5.06. The summed E-state index contributed by atoms with van der Waals surface area (Å²) < 4.78 is 0. The summed E-state index contributed by atoms with van der Waals surface area (Å²) in [5, 5.41) is 3.88. The van der Waals surface area contributed by atoms with Crippen LogP contribution in [0.5, 0.6) is 0 Å². The molecule has 76 valence electrons. The molecule has 0 aliphatic carbocycles. The molecule has 0 fully saturated rings. The van der Waals surface area contributed by atoms with Crippen LogP contribution in [0.15, 0.2) is 24.3 Å². The van der Waals surface area contributed by atoms with E-state index in [-0.39, 0.29) is 5.41 Å². The Labute approximate surface area is 95.5 Å². The van der Waals surface area contributed by atoms with Gasteiger partial charge >= 0.3 is 0 Å². The number of halogens is 1. The number of rotatable bonds is 1. The third-order valence-electron chi connectivity index (χ3n) is 1.76. The van der Waals surface area contributed by atoms with Crippen LogP contribution in [0.2, 0.25) is 5.02 Å². The Morgan fingerprint density at radius 1 is 1.36 bits per heavy atom. The van der Waals surface area contributed by atoms with E-state index in [4.69, 9.17) is 23.8 Å². The van der Waals surface area contributed by atoms with Crippen LogP contribution in [0.1, 0.15) is 20.8 Å². The quantitative estimate of drug-likeness (QED) is 0.725. The molecular weight excluding hydrogens is 214 g/mol. The lowest BCUT2D eigenvalue weighted by atomic mass is 9.96. The van der Waals surface area contributed by atoms with Crippen molar-refractivity contribution in [1.29, 1.82) is 0 Å². The number of nitrogens with one attached hydrogen (secondary N) is 1. The molecule has 14 heavy (non-hydrogen) atoms. The Balaban J connectivity index is 2.75. The molecule has 0 aliphatic rings. The van der Waals surface area contributed by atoms with E-state index in [1.165, 1.54) is 0 Å². The molecule has 1 N–H and O–H groups in total. The van der Waals surface area contributed by atoms with Crippen molar-refractivity contribution in [3.63, 3.8) is 0 Å². The minimum atomic E-state index is -0.0162. The highest BCUT2D eigenvalue weighted by Gasteiger charge is 2.16. The third-order valence-corrected chi connectivity index (χ3v) is 2.71. The van der Waals surface area contributed by atoms with E-state index in [1.54, 1.807) is 0 Å². The van der Waals surface area contributed by atoms with Crippen molar-refractivity contribution in [3.05, 3.63) is 29.3 Å². The summed E-state index contributed by atoms with van der Waals surface area (Å²) in [5.74, 6) is 0. The standard InChI is InChI=1S/C11H14ClNS/c1-11(2,3)10(14)13-9-6-4-5-8(12)7-9/h4-7H,1-3H3,(H,13,14). The Hall–Kier alpha value is -0.600. The van der Waals surface area contributed by atoms with Crippen molar-refractivity contribution < 1.29 is 0 Å². The lowest BCUT2D eigenvalue weighted by molar-refractivity contribution is 0.600. The molecule has 0 atom stereocenters. The van der Waals surface area contributed by atoms with Gasteiger partial charge in [-0.2, -0.15) is 0 Å². The van der Waals surface area contributed by atoms with Gasteiger partial charge in [-0.15, -0.1) is 0 Å². The first kappa shape index (κ1) is 11.5. The van der Waals surface area contributed by atoms with Crippen LogP contribution < -0.4 is 5.32 Å². The maximum atomic E-state index is 5.86. The number of hydrogen-bond donors (Lipinski definition) is 1. The van der Waals surface area contributed by atoms with Crippen LogP contribution in [-0.2, 0) is 0 Å². The average molecular weight is 228 g/mol. The van der Waals surface area contributed by atoms with Crippen LogP contribution >= 0.6 is 23.8 Å². The SMILES string of the molecule is CC(C)(C)C(=S)Nc1cccc(Cl)c1. The van der Waals surface area contributed by atoms with Gasteiger partial charge in [-0.1, -0.05) is 50.7 Å². The van der Waals surface area contributed by atoms with Gasteiger partial charge in [0.15, 0.2) is 0 Å². The van der Waals surface area contributed by atoms with E-state index in [0.29, 0.717) is 5.02 Å². The molecule has 0 saturated carbocycles. The molecule has 1 nitrogen and oxygen atoms in total. The number of anilines is 1. The molecule has 0 aromatic heterocycles. The highest BCUT2D eigenvalue weighted by Crippen LogP contribution is 2.20. The minimum Gasteiger partial charge on any atom is -0.350 e. The van der Waals surface area contributed by atoms with Gasteiger partial charge in [-0.25, -0.2) is 0 Å². The number of benzene rings is 1. The predicted octanol–water partition coefficient (Wildman–Crippen LogP) is 4.13. The molecule has 0 spiro atoms. The van der Waals surface area contributed by atoms with Crippen LogP contribution in [0.4, 0.5) is 5.69 Å². The molecule has 0 aliphatic heterocycles. The van der Waals surface area contributed by atoms with E-state index in [0.717, 1.165) is 10.7 Å². The second kappa shape index (κ2) is 4.28. The zero-order valence-corrected chi connectivity index (χ0v) is 10.2. The minimum absolute atomic E-state index is 0.0162. The summed E-state index contributed by atoms with van der Waals surface area (Å²) in [6.07, 6.45) is 0. The monoisotopic (exact) mass is 227 g/mol. The highest BCUT2D eigenvalue weighted by molar-refractivity contribution is 7.80. The van der Waals surface area contributed by atoms with Crippen molar-refractivity contribution in [1.82, 2.24) is 0 Å². The van der Waals surface area contributed by atoms with Gasteiger partial charge in [0.05, 0.1) is 4.99 Å². The topological polar surface area (TPSA) is 12.0 Å². The summed E-state index contributed by atoms with van der Waals surface area (Å²) in [6.45, 7) is 6.23. The fourth-order valence-corrected chi connectivity index (χ4v) is 1.19. The zero-order valence-electron chi connectivity index (χ0n) is 8.60. The van der Waals surface area contributed by atoms with Crippen molar-refractivity contribution in [2.75, 3.05) is 5.32 Å². The van der Waals surface area contributed by atoms with Crippen LogP contribution in [0.25, 0.3) is 0 Å². The lowest BCUT2D eigenvalue weighted by Crippen LogP contribution is -2.25. The predicted molar refractivity (Wildman–Crippen MR) is 67.1 cm³/mol. The van der Waals surface area contributed by atoms with Gasteiger partial charge in [-0.05, 0) is 18.2 Å². The maximum Gasteiger partial charge on any atom is 0.0851 e. The second-order valence-electron chi connectivity index (χ2n) is 4.21.